The van der Waals surface area contributed by atoms with Gasteiger partial charge in [0.15, 0.2) is 0 Å². The number of benzene rings is 1. The quantitative estimate of drug-likeness (QED) is 0.882. The van der Waals surface area contributed by atoms with Crippen LogP contribution in [0, 0.1) is 13.8 Å². The first-order valence-corrected chi connectivity index (χ1v) is 7.12. The standard InChI is InChI=1S/C16H20N4O3/c1-10-15(11(2)20(3)19-10)16(22)18-13-7-5-12(6-8-13)17-14(21)9-23-4/h5-8H,9H2,1-4H3,(H,17,21)(H,18,22). The molecule has 0 spiro atoms. The average molecular weight is 316 g/mol. The Hall–Kier alpha value is -2.67. The molecule has 0 saturated carbocycles. The van der Waals surface area contributed by atoms with Crippen LogP contribution < -0.4 is 10.6 Å². The van der Waals surface area contributed by atoms with E-state index in [4.69, 9.17) is 4.74 Å². The van der Waals surface area contributed by atoms with E-state index in [9.17, 15) is 9.59 Å². The number of aromatic nitrogens is 2. The van der Waals surface area contributed by atoms with Crippen LogP contribution in [0.1, 0.15) is 21.7 Å². The van der Waals surface area contributed by atoms with Gasteiger partial charge in [-0.25, -0.2) is 0 Å². The van der Waals surface area contributed by atoms with Crippen LogP contribution in [0.3, 0.4) is 0 Å². The van der Waals surface area contributed by atoms with E-state index in [0.717, 1.165) is 5.69 Å². The molecule has 2 rings (SSSR count). The van der Waals surface area contributed by atoms with E-state index in [1.165, 1.54) is 7.11 Å². The summed E-state index contributed by atoms with van der Waals surface area (Å²) in [5.74, 6) is -0.435. The molecule has 0 atom stereocenters. The number of aryl methyl sites for hydroxylation is 2. The number of ether oxygens (including phenoxy) is 1. The van der Waals surface area contributed by atoms with Crippen molar-refractivity contribution in [1.29, 1.82) is 0 Å². The topological polar surface area (TPSA) is 85.2 Å². The zero-order valence-electron chi connectivity index (χ0n) is 13.6. The Morgan fingerprint density at radius 2 is 1.70 bits per heavy atom. The molecule has 2 N–H and O–H groups in total. The van der Waals surface area contributed by atoms with E-state index < -0.39 is 0 Å². The van der Waals surface area contributed by atoms with Gasteiger partial charge in [-0.1, -0.05) is 0 Å². The third kappa shape index (κ3) is 3.95. The van der Waals surface area contributed by atoms with Gasteiger partial charge in [0, 0.05) is 31.2 Å². The first kappa shape index (κ1) is 16.7. The van der Waals surface area contributed by atoms with Crippen LogP contribution in [0.15, 0.2) is 24.3 Å². The van der Waals surface area contributed by atoms with Gasteiger partial charge >= 0.3 is 0 Å². The maximum absolute atomic E-state index is 12.4. The van der Waals surface area contributed by atoms with Crippen molar-refractivity contribution in [1.82, 2.24) is 9.78 Å². The molecule has 1 aromatic carbocycles. The summed E-state index contributed by atoms with van der Waals surface area (Å²) in [5, 5.41) is 9.75. The fourth-order valence-electron chi connectivity index (χ4n) is 2.26. The molecule has 0 aliphatic rings. The summed E-state index contributed by atoms with van der Waals surface area (Å²) in [6.07, 6.45) is 0. The van der Waals surface area contributed by atoms with Crippen LogP contribution in [0.2, 0.25) is 0 Å². The Morgan fingerprint density at radius 3 is 2.17 bits per heavy atom. The number of methoxy groups -OCH3 is 1. The minimum absolute atomic E-state index is 0.00194. The average Bonchev–Trinajstić information content (AvgIpc) is 2.74. The fourth-order valence-corrected chi connectivity index (χ4v) is 2.26. The highest BCUT2D eigenvalue weighted by Gasteiger charge is 2.17. The summed E-state index contributed by atoms with van der Waals surface area (Å²) in [5.41, 5.74) is 3.35. The molecule has 7 nitrogen and oxygen atoms in total. The van der Waals surface area contributed by atoms with Gasteiger partial charge in [0.1, 0.15) is 6.61 Å². The lowest BCUT2D eigenvalue weighted by molar-refractivity contribution is -0.119. The molecule has 0 aliphatic carbocycles. The van der Waals surface area contributed by atoms with Crippen molar-refractivity contribution in [3.63, 3.8) is 0 Å². The normalized spacial score (nSPS) is 10.4. The van der Waals surface area contributed by atoms with Gasteiger partial charge in [0.2, 0.25) is 5.91 Å². The minimum Gasteiger partial charge on any atom is -0.375 e. The first-order chi connectivity index (χ1) is 10.9. The molecule has 2 amide bonds. The van der Waals surface area contributed by atoms with E-state index in [-0.39, 0.29) is 18.4 Å². The summed E-state index contributed by atoms with van der Waals surface area (Å²) in [4.78, 5) is 23.8. The number of nitrogens with zero attached hydrogens (tertiary/aromatic N) is 2. The third-order valence-electron chi connectivity index (χ3n) is 3.44. The Balaban J connectivity index is 2.06. The molecule has 0 bridgehead atoms. The van der Waals surface area contributed by atoms with Gasteiger partial charge in [0.05, 0.1) is 11.3 Å². The van der Waals surface area contributed by atoms with Crippen molar-refractivity contribution in [2.45, 2.75) is 13.8 Å². The SMILES string of the molecule is COCC(=O)Nc1ccc(NC(=O)c2c(C)nn(C)c2C)cc1. The number of anilines is 2. The van der Waals surface area contributed by atoms with Crippen molar-refractivity contribution < 1.29 is 14.3 Å². The zero-order chi connectivity index (χ0) is 17.0. The first-order valence-electron chi connectivity index (χ1n) is 7.12. The summed E-state index contributed by atoms with van der Waals surface area (Å²) < 4.78 is 6.43. The summed E-state index contributed by atoms with van der Waals surface area (Å²) in [6, 6.07) is 6.88. The smallest absolute Gasteiger partial charge is 0.259 e. The zero-order valence-corrected chi connectivity index (χ0v) is 13.6. The van der Waals surface area contributed by atoms with E-state index in [0.29, 0.717) is 22.6 Å². The van der Waals surface area contributed by atoms with Crippen molar-refractivity contribution >= 4 is 23.2 Å². The highest BCUT2D eigenvalue weighted by Crippen LogP contribution is 2.17. The summed E-state index contributed by atoms with van der Waals surface area (Å²) in [6.45, 7) is 3.65. The summed E-state index contributed by atoms with van der Waals surface area (Å²) >= 11 is 0. The van der Waals surface area contributed by atoms with Gasteiger partial charge in [-0.05, 0) is 38.1 Å². The highest BCUT2D eigenvalue weighted by atomic mass is 16.5. The van der Waals surface area contributed by atoms with E-state index in [1.807, 2.05) is 6.92 Å². The molecule has 23 heavy (non-hydrogen) atoms. The number of hydrogen-bond acceptors (Lipinski definition) is 4. The molecule has 0 fully saturated rings. The van der Waals surface area contributed by atoms with Gasteiger partial charge < -0.3 is 15.4 Å². The number of carbonyl (C=O) groups excluding carboxylic acids is 2. The molecule has 0 saturated heterocycles. The maximum Gasteiger partial charge on any atom is 0.259 e. The Labute approximate surface area is 134 Å². The van der Waals surface area contributed by atoms with E-state index >= 15 is 0 Å². The molecule has 0 unspecified atom stereocenters. The number of nitrogens with one attached hydrogen (secondary N) is 2. The molecule has 2 aromatic rings. The lowest BCUT2D eigenvalue weighted by atomic mass is 10.1. The molecule has 7 heteroatoms. The Kier molecular flexibility index (Phi) is 5.13. The van der Waals surface area contributed by atoms with Gasteiger partial charge in [0.25, 0.3) is 5.91 Å². The van der Waals surface area contributed by atoms with Crippen molar-refractivity contribution in [2.75, 3.05) is 24.4 Å². The maximum atomic E-state index is 12.4. The molecule has 0 aliphatic heterocycles. The molecular formula is C16H20N4O3. The predicted octanol–water partition coefficient (Wildman–Crippen LogP) is 1.87. The van der Waals surface area contributed by atoms with E-state index in [2.05, 4.69) is 15.7 Å². The van der Waals surface area contributed by atoms with Crippen LogP contribution >= 0.6 is 0 Å². The van der Waals surface area contributed by atoms with Gasteiger partial charge in [-0.15, -0.1) is 0 Å². The Morgan fingerprint density at radius 1 is 1.13 bits per heavy atom. The second-order valence-electron chi connectivity index (χ2n) is 5.18. The monoisotopic (exact) mass is 316 g/mol. The molecule has 1 aromatic heterocycles. The van der Waals surface area contributed by atoms with Crippen LogP contribution in [0.4, 0.5) is 11.4 Å². The molecule has 1 heterocycles. The number of carbonyl (C=O) groups is 2. The number of amides is 2. The molecular weight excluding hydrogens is 296 g/mol. The van der Waals surface area contributed by atoms with Gasteiger partial charge in [-0.3, -0.25) is 14.3 Å². The van der Waals surface area contributed by atoms with Crippen molar-refractivity contribution in [3.05, 3.63) is 41.2 Å². The highest BCUT2D eigenvalue weighted by molar-refractivity contribution is 6.06. The van der Waals surface area contributed by atoms with E-state index in [1.54, 1.807) is 42.9 Å². The lowest BCUT2D eigenvalue weighted by Gasteiger charge is -2.08. The molecule has 122 valence electrons. The van der Waals surface area contributed by atoms with Crippen LogP contribution in [-0.4, -0.2) is 35.3 Å². The summed E-state index contributed by atoms with van der Waals surface area (Å²) in [7, 11) is 3.26. The second kappa shape index (κ2) is 7.06. The minimum atomic E-state index is -0.231. The lowest BCUT2D eigenvalue weighted by Crippen LogP contribution is -2.17. The fraction of sp³-hybridized carbons (Fsp3) is 0.312. The van der Waals surface area contributed by atoms with Crippen molar-refractivity contribution in [2.24, 2.45) is 7.05 Å². The largest absolute Gasteiger partial charge is 0.375 e. The second-order valence-corrected chi connectivity index (χ2v) is 5.18. The predicted molar refractivity (Wildman–Crippen MR) is 87.6 cm³/mol. The van der Waals surface area contributed by atoms with Crippen molar-refractivity contribution in [3.8, 4) is 0 Å². The number of rotatable bonds is 5. The Bertz CT molecular complexity index is 720. The van der Waals surface area contributed by atoms with Crippen LogP contribution in [0.5, 0.6) is 0 Å². The van der Waals surface area contributed by atoms with Crippen LogP contribution in [0.25, 0.3) is 0 Å². The molecule has 0 radical (unpaired) electrons. The number of hydrogen-bond donors (Lipinski definition) is 2. The van der Waals surface area contributed by atoms with Gasteiger partial charge in [-0.2, -0.15) is 5.10 Å². The third-order valence-corrected chi connectivity index (χ3v) is 3.44. The van der Waals surface area contributed by atoms with Crippen LogP contribution in [-0.2, 0) is 16.6 Å².